The van der Waals surface area contributed by atoms with Gasteiger partial charge in [-0.3, -0.25) is 0 Å². The van der Waals surface area contributed by atoms with Crippen molar-refractivity contribution in [2.24, 2.45) is 0 Å². The molecule has 1 nitrogen and oxygen atoms in total. The second-order valence-corrected chi connectivity index (χ2v) is 3.72. The fraction of sp³-hybridized carbons (Fsp3) is 0.333. The maximum Gasteiger partial charge on any atom is 0.0687 e. The normalized spacial score (nSPS) is 19.0. The monoisotopic (exact) mass is 160 g/mol. The van der Waals surface area contributed by atoms with Crippen LogP contribution in [0.5, 0.6) is 0 Å². The van der Waals surface area contributed by atoms with Crippen LogP contribution in [0.25, 0.3) is 0 Å². The molecule has 0 spiro atoms. The Morgan fingerprint density at radius 1 is 1.56 bits per heavy atom. The number of thioether (sulfide) groups is 2. The Balaban J connectivity index is 2.53. The van der Waals surface area contributed by atoms with Crippen LogP contribution in [0.1, 0.15) is 0 Å². The van der Waals surface area contributed by atoms with E-state index in [1.807, 2.05) is 16.9 Å². The molecule has 0 fully saturated rings. The van der Waals surface area contributed by atoms with Gasteiger partial charge in [0.05, 0.1) is 6.61 Å². The molecule has 0 radical (unpaired) electrons. The van der Waals surface area contributed by atoms with Crippen molar-refractivity contribution in [2.45, 2.75) is 0 Å². The van der Waals surface area contributed by atoms with E-state index in [4.69, 9.17) is 5.11 Å². The third-order valence-electron chi connectivity index (χ3n) is 0.932. The Labute approximate surface area is 63.2 Å². The maximum absolute atomic E-state index is 8.67. The van der Waals surface area contributed by atoms with Gasteiger partial charge in [-0.15, -0.1) is 23.5 Å². The van der Waals surface area contributed by atoms with Crippen LogP contribution in [-0.4, -0.2) is 16.8 Å². The Morgan fingerprint density at radius 2 is 2.44 bits per heavy atom. The molecule has 0 saturated heterocycles. The highest BCUT2D eigenvalue weighted by Crippen LogP contribution is 2.20. The van der Waals surface area contributed by atoms with Crippen molar-refractivity contribution in [3.05, 3.63) is 22.5 Å². The zero-order valence-electron chi connectivity index (χ0n) is 4.91. The van der Waals surface area contributed by atoms with Crippen LogP contribution in [0, 0.1) is 0 Å². The molecule has 0 aromatic carbocycles. The first kappa shape index (κ1) is 7.25. The summed E-state index contributed by atoms with van der Waals surface area (Å²) in [7, 11) is 0. The number of aliphatic hydroxyl groups is 1. The third-order valence-corrected chi connectivity index (χ3v) is 2.82. The molecule has 1 rings (SSSR count). The van der Waals surface area contributed by atoms with Crippen LogP contribution in [0.2, 0.25) is 0 Å². The Morgan fingerprint density at radius 3 is 3.22 bits per heavy atom. The van der Waals surface area contributed by atoms with Gasteiger partial charge >= 0.3 is 0 Å². The molecule has 3 heteroatoms. The van der Waals surface area contributed by atoms with Crippen LogP contribution in [-0.2, 0) is 0 Å². The molecule has 0 bridgehead atoms. The Kier molecular flexibility index (Phi) is 3.25. The zero-order valence-corrected chi connectivity index (χ0v) is 6.54. The van der Waals surface area contributed by atoms with Gasteiger partial charge in [0.1, 0.15) is 0 Å². The standard InChI is InChI=1S/C6H8OS2/c7-3-6-1-2-8-5-9-4-6/h1-2,4,7H,3,5H2. The smallest absolute Gasteiger partial charge is 0.0687 e. The fourth-order valence-corrected chi connectivity index (χ4v) is 2.02. The lowest BCUT2D eigenvalue weighted by Gasteiger charge is -1.89. The lowest BCUT2D eigenvalue weighted by molar-refractivity contribution is 0.335. The predicted octanol–water partition coefficient (Wildman–Crippen LogP) is 1.81. The average Bonchev–Trinajstić information content (AvgIpc) is 2.13. The SMILES string of the molecule is OCC1=CSCSC=C1. The van der Waals surface area contributed by atoms with E-state index >= 15 is 0 Å². The molecule has 0 amide bonds. The highest BCUT2D eigenvalue weighted by Gasteiger charge is 1.93. The van der Waals surface area contributed by atoms with E-state index in [1.54, 1.807) is 23.5 Å². The average molecular weight is 160 g/mol. The van der Waals surface area contributed by atoms with Gasteiger partial charge in [0.15, 0.2) is 0 Å². The molecular formula is C6H8OS2. The molecule has 1 heterocycles. The van der Waals surface area contributed by atoms with Crippen molar-refractivity contribution >= 4 is 23.5 Å². The zero-order chi connectivity index (χ0) is 6.53. The quantitative estimate of drug-likeness (QED) is 0.632. The molecule has 1 N–H and O–H groups in total. The van der Waals surface area contributed by atoms with E-state index in [-0.39, 0.29) is 6.61 Å². The van der Waals surface area contributed by atoms with Gasteiger partial charge in [-0.25, -0.2) is 0 Å². The molecule has 0 aliphatic carbocycles. The highest BCUT2D eigenvalue weighted by molar-refractivity contribution is 8.18. The fourth-order valence-electron chi connectivity index (χ4n) is 0.484. The molecule has 0 unspecified atom stereocenters. The molecule has 9 heavy (non-hydrogen) atoms. The first-order valence-electron chi connectivity index (χ1n) is 2.63. The summed E-state index contributed by atoms with van der Waals surface area (Å²) in [6.07, 6.45) is 1.95. The second kappa shape index (κ2) is 4.04. The van der Waals surface area contributed by atoms with Crippen molar-refractivity contribution in [3.63, 3.8) is 0 Å². The van der Waals surface area contributed by atoms with Gasteiger partial charge in [0.25, 0.3) is 0 Å². The summed E-state index contributed by atoms with van der Waals surface area (Å²) in [6, 6.07) is 0. The Hall–Kier alpha value is 0.140. The van der Waals surface area contributed by atoms with Crippen molar-refractivity contribution in [2.75, 3.05) is 11.7 Å². The van der Waals surface area contributed by atoms with E-state index in [1.165, 1.54) is 0 Å². The first-order chi connectivity index (χ1) is 4.43. The topological polar surface area (TPSA) is 20.2 Å². The summed E-state index contributed by atoms with van der Waals surface area (Å²) in [6.45, 7) is 0.157. The van der Waals surface area contributed by atoms with Crippen molar-refractivity contribution in [3.8, 4) is 0 Å². The van der Waals surface area contributed by atoms with Gasteiger partial charge < -0.3 is 5.11 Å². The minimum absolute atomic E-state index is 0.157. The predicted molar refractivity (Wildman–Crippen MR) is 44.4 cm³/mol. The summed E-state index contributed by atoms with van der Waals surface area (Å²) in [5.74, 6) is 0. The number of hydrogen-bond acceptors (Lipinski definition) is 3. The van der Waals surface area contributed by atoms with Gasteiger partial charge in [-0.05, 0) is 22.5 Å². The minimum atomic E-state index is 0.157. The van der Waals surface area contributed by atoms with Crippen molar-refractivity contribution in [1.82, 2.24) is 0 Å². The van der Waals surface area contributed by atoms with Gasteiger partial charge in [-0.1, -0.05) is 0 Å². The van der Waals surface area contributed by atoms with E-state index < -0.39 is 0 Å². The molecule has 50 valence electrons. The second-order valence-electron chi connectivity index (χ2n) is 1.60. The summed E-state index contributed by atoms with van der Waals surface area (Å²) < 4.78 is 0. The van der Waals surface area contributed by atoms with Gasteiger partial charge in [-0.2, -0.15) is 0 Å². The minimum Gasteiger partial charge on any atom is -0.392 e. The summed E-state index contributed by atoms with van der Waals surface area (Å²) >= 11 is 3.48. The van der Waals surface area contributed by atoms with E-state index in [0.717, 1.165) is 10.7 Å². The molecule has 0 atom stereocenters. The van der Waals surface area contributed by atoms with Crippen molar-refractivity contribution < 1.29 is 5.11 Å². The van der Waals surface area contributed by atoms with Gasteiger partial charge in [0, 0.05) is 5.08 Å². The van der Waals surface area contributed by atoms with E-state index in [2.05, 4.69) is 0 Å². The van der Waals surface area contributed by atoms with Crippen LogP contribution in [0.15, 0.2) is 22.5 Å². The van der Waals surface area contributed by atoms with Crippen LogP contribution in [0.3, 0.4) is 0 Å². The van der Waals surface area contributed by atoms with Crippen LogP contribution < -0.4 is 0 Å². The van der Waals surface area contributed by atoms with Crippen LogP contribution >= 0.6 is 23.5 Å². The third kappa shape index (κ3) is 2.47. The lowest BCUT2D eigenvalue weighted by Crippen LogP contribution is -1.82. The van der Waals surface area contributed by atoms with Gasteiger partial charge in [0.2, 0.25) is 0 Å². The summed E-state index contributed by atoms with van der Waals surface area (Å²) in [5, 5.41) is 13.7. The van der Waals surface area contributed by atoms with Crippen LogP contribution in [0.4, 0.5) is 0 Å². The number of rotatable bonds is 1. The molecule has 0 aromatic heterocycles. The molecule has 1 aliphatic heterocycles. The van der Waals surface area contributed by atoms with Crippen molar-refractivity contribution in [1.29, 1.82) is 0 Å². The van der Waals surface area contributed by atoms with E-state index in [9.17, 15) is 0 Å². The van der Waals surface area contributed by atoms with E-state index in [0.29, 0.717) is 0 Å². The summed E-state index contributed by atoms with van der Waals surface area (Å²) in [5.41, 5.74) is 1.00. The molecule has 0 saturated carbocycles. The number of aliphatic hydroxyl groups excluding tert-OH is 1. The molecular weight excluding hydrogens is 152 g/mol. The largest absolute Gasteiger partial charge is 0.392 e. The lowest BCUT2D eigenvalue weighted by atomic mass is 10.3. The summed E-state index contributed by atoms with van der Waals surface area (Å²) in [4.78, 5) is 0. The maximum atomic E-state index is 8.67. The Bertz CT molecular complexity index is 140. The molecule has 1 aliphatic rings. The first-order valence-corrected chi connectivity index (χ1v) is 4.73. The highest BCUT2D eigenvalue weighted by atomic mass is 32.2. The number of hydrogen-bond donors (Lipinski definition) is 1. The molecule has 0 aromatic rings.